The van der Waals surface area contributed by atoms with Crippen molar-refractivity contribution in [3.8, 4) is 0 Å². The van der Waals surface area contributed by atoms with E-state index in [1.54, 1.807) is 24.5 Å². The molecule has 8 nitrogen and oxygen atoms in total. The molecule has 0 spiro atoms. The molecule has 0 radical (unpaired) electrons. The molecule has 0 saturated carbocycles. The molecule has 2 saturated heterocycles. The fourth-order valence-electron chi connectivity index (χ4n) is 4.21. The lowest BCUT2D eigenvalue weighted by Crippen LogP contribution is -2.47. The van der Waals surface area contributed by atoms with Crippen LogP contribution in [-0.4, -0.2) is 81.3 Å². The van der Waals surface area contributed by atoms with Gasteiger partial charge >= 0.3 is 0 Å². The van der Waals surface area contributed by atoms with E-state index in [1.165, 1.54) is 10.4 Å². The van der Waals surface area contributed by atoms with Gasteiger partial charge in [0.05, 0.1) is 17.2 Å². The average molecular weight is 447 g/mol. The molecular weight excluding hydrogens is 416 g/mol. The average Bonchev–Trinajstić information content (AvgIpc) is 3.49. The van der Waals surface area contributed by atoms with Crippen molar-refractivity contribution in [3.05, 3.63) is 54.0 Å². The van der Waals surface area contributed by atoms with Gasteiger partial charge in [-0.3, -0.25) is 9.69 Å². The van der Waals surface area contributed by atoms with Gasteiger partial charge in [-0.1, -0.05) is 6.07 Å². The zero-order valence-corrected chi connectivity index (χ0v) is 18.7. The number of hydrogen-bond donors (Lipinski definition) is 1. The third-order valence-corrected chi connectivity index (χ3v) is 8.00. The minimum absolute atomic E-state index is 0.0290. The Morgan fingerprint density at radius 3 is 2.48 bits per heavy atom. The molecule has 1 N–H and O–H groups in total. The first kappa shape index (κ1) is 22.0. The van der Waals surface area contributed by atoms with Crippen LogP contribution in [0.5, 0.6) is 0 Å². The molecule has 2 aromatic rings. The predicted molar refractivity (Wildman–Crippen MR) is 117 cm³/mol. The molecule has 3 heterocycles. The predicted octanol–water partition coefficient (Wildman–Crippen LogP) is 1.78. The van der Waals surface area contributed by atoms with Crippen molar-refractivity contribution < 1.29 is 17.6 Å². The molecule has 9 heteroatoms. The van der Waals surface area contributed by atoms with E-state index in [-0.39, 0.29) is 16.8 Å². The standard InChI is InChI=1S/C22H30N4O4S/c1-24-11-13-26(14-12-24)31(28,29)19-7-4-6-18(16-19)22(27)23-17-20(21-8-5-15-30-21)25-9-2-3-10-25/h4-8,15-16,20H,2-3,9-14,17H2,1H3,(H,23,27)/t20-/m0/s1. The van der Waals surface area contributed by atoms with Crippen LogP contribution in [0.15, 0.2) is 52.0 Å². The summed E-state index contributed by atoms with van der Waals surface area (Å²) in [4.78, 5) is 17.4. The monoisotopic (exact) mass is 446 g/mol. The molecule has 2 aliphatic rings. The number of hydrogen-bond acceptors (Lipinski definition) is 6. The Hall–Kier alpha value is -2.20. The Balaban J connectivity index is 1.45. The van der Waals surface area contributed by atoms with E-state index >= 15 is 0 Å². The van der Waals surface area contributed by atoms with E-state index in [9.17, 15) is 13.2 Å². The highest BCUT2D eigenvalue weighted by atomic mass is 32.2. The van der Waals surface area contributed by atoms with Crippen LogP contribution in [0, 0.1) is 0 Å². The minimum Gasteiger partial charge on any atom is -0.468 e. The number of carbonyl (C=O) groups is 1. The molecule has 1 amide bonds. The van der Waals surface area contributed by atoms with Crippen LogP contribution in [0.25, 0.3) is 0 Å². The fourth-order valence-corrected chi connectivity index (χ4v) is 5.68. The summed E-state index contributed by atoms with van der Waals surface area (Å²) in [6.45, 7) is 4.65. The van der Waals surface area contributed by atoms with Gasteiger partial charge in [0.1, 0.15) is 5.76 Å². The largest absolute Gasteiger partial charge is 0.468 e. The number of sulfonamides is 1. The zero-order chi connectivity index (χ0) is 21.8. The zero-order valence-electron chi connectivity index (χ0n) is 17.9. The lowest BCUT2D eigenvalue weighted by molar-refractivity contribution is 0.0933. The number of nitrogens with zero attached hydrogens (tertiary/aromatic N) is 3. The normalized spacial score (nSPS) is 20.0. The third-order valence-electron chi connectivity index (χ3n) is 6.11. The maximum Gasteiger partial charge on any atom is 0.251 e. The first-order valence-corrected chi connectivity index (χ1v) is 12.2. The quantitative estimate of drug-likeness (QED) is 0.698. The van der Waals surface area contributed by atoms with E-state index < -0.39 is 10.0 Å². The molecule has 1 atom stereocenters. The van der Waals surface area contributed by atoms with Crippen molar-refractivity contribution in [1.29, 1.82) is 0 Å². The summed E-state index contributed by atoms with van der Waals surface area (Å²) in [6, 6.07) is 10.1. The van der Waals surface area contributed by atoms with E-state index in [1.807, 2.05) is 19.2 Å². The minimum atomic E-state index is -3.62. The van der Waals surface area contributed by atoms with Gasteiger partial charge in [0.25, 0.3) is 5.91 Å². The van der Waals surface area contributed by atoms with Crippen LogP contribution in [0.4, 0.5) is 0 Å². The molecule has 1 aromatic heterocycles. The van der Waals surface area contributed by atoms with Gasteiger partial charge in [-0.15, -0.1) is 0 Å². The summed E-state index contributed by atoms with van der Waals surface area (Å²) in [7, 11) is -1.64. The second kappa shape index (κ2) is 9.52. The topological polar surface area (TPSA) is 86.1 Å². The second-order valence-corrected chi connectivity index (χ2v) is 10.2. The molecular formula is C22H30N4O4S. The van der Waals surface area contributed by atoms with Crippen molar-refractivity contribution in [3.63, 3.8) is 0 Å². The summed E-state index contributed by atoms with van der Waals surface area (Å²) in [5.74, 6) is 0.541. The highest BCUT2D eigenvalue weighted by molar-refractivity contribution is 7.89. The van der Waals surface area contributed by atoms with E-state index in [0.29, 0.717) is 38.3 Å². The highest BCUT2D eigenvalue weighted by Crippen LogP contribution is 2.25. The molecule has 2 fully saturated rings. The van der Waals surface area contributed by atoms with Crippen LogP contribution in [0.1, 0.15) is 35.0 Å². The lowest BCUT2D eigenvalue weighted by Gasteiger charge is -2.31. The van der Waals surface area contributed by atoms with E-state index in [0.717, 1.165) is 31.7 Å². The Morgan fingerprint density at radius 1 is 1.06 bits per heavy atom. The van der Waals surface area contributed by atoms with Gasteiger partial charge in [0.2, 0.25) is 10.0 Å². The second-order valence-electron chi connectivity index (χ2n) is 8.22. The first-order valence-electron chi connectivity index (χ1n) is 10.8. The highest BCUT2D eigenvalue weighted by Gasteiger charge is 2.29. The Kier molecular flexibility index (Phi) is 6.76. The number of furan rings is 1. The number of likely N-dealkylation sites (N-methyl/N-ethyl adjacent to an activating group) is 1. The molecule has 31 heavy (non-hydrogen) atoms. The van der Waals surface area contributed by atoms with Gasteiger partial charge in [0, 0.05) is 38.3 Å². The molecule has 0 bridgehead atoms. The summed E-state index contributed by atoms with van der Waals surface area (Å²) in [5, 5.41) is 2.97. The lowest BCUT2D eigenvalue weighted by atomic mass is 10.1. The van der Waals surface area contributed by atoms with Crippen molar-refractivity contribution in [2.45, 2.75) is 23.8 Å². The molecule has 0 aliphatic carbocycles. The number of benzene rings is 1. The summed E-state index contributed by atoms with van der Waals surface area (Å²) >= 11 is 0. The van der Waals surface area contributed by atoms with Crippen molar-refractivity contribution in [2.24, 2.45) is 0 Å². The van der Waals surface area contributed by atoms with Crippen LogP contribution >= 0.6 is 0 Å². The molecule has 0 unspecified atom stereocenters. The number of likely N-dealkylation sites (tertiary alicyclic amines) is 1. The van der Waals surface area contributed by atoms with Crippen LogP contribution < -0.4 is 5.32 Å². The van der Waals surface area contributed by atoms with Gasteiger partial charge < -0.3 is 14.6 Å². The Bertz CT molecular complexity index is 979. The van der Waals surface area contributed by atoms with Crippen molar-refractivity contribution in [2.75, 3.05) is 52.9 Å². The fraction of sp³-hybridized carbons (Fsp3) is 0.500. The number of nitrogens with one attached hydrogen (secondary N) is 1. The van der Waals surface area contributed by atoms with Gasteiger partial charge in [-0.2, -0.15) is 4.31 Å². The number of piperazine rings is 1. The Morgan fingerprint density at radius 2 is 1.81 bits per heavy atom. The van der Waals surface area contributed by atoms with Crippen LogP contribution in [0.3, 0.4) is 0 Å². The SMILES string of the molecule is CN1CCN(S(=O)(=O)c2cccc(C(=O)NC[C@@H](c3ccco3)N3CCCC3)c2)CC1. The molecule has 4 rings (SSSR count). The smallest absolute Gasteiger partial charge is 0.251 e. The van der Waals surface area contributed by atoms with Gasteiger partial charge in [-0.05, 0) is 63.3 Å². The van der Waals surface area contributed by atoms with Crippen LogP contribution in [0.2, 0.25) is 0 Å². The van der Waals surface area contributed by atoms with Gasteiger partial charge in [0.15, 0.2) is 0 Å². The maximum absolute atomic E-state index is 13.0. The third kappa shape index (κ3) is 5.01. The number of amides is 1. The van der Waals surface area contributed by atoms with Crippen molar-refractivity contribution in [1.82, 2.24) is 19.4 Å². The van der Waals surface area contributed by atoms with Crippen LogP contribution in [-0.2, 0) is 10.0 Å². The molecule has 1 aromatic carbocycles. The number of rotatable bonds is 7. The summed E-state index contributed by atoms with van der Waals surface area (Å²) in [6.07, 6.45) is 3.92. The maximum atomic E-state index is 13.0. The van der Waals surface area contributed by atoms with E-state index in [2.05, 4.69) is 15.1 Å². The Labute approximate surface area is 183 Å². The number of carbonyl (C=O) groups excluding carboxylic acids is 1. The molecule has 168 valence electrons. The first-order chi connectivity index (χ1) is 14.9. The van der Waals surface area contributed by atoms with Crippen molar-refractivity contribution >= 4 is 15.9 Å². The molecule has 2 aliphatic heterocycles. The summed E-state index contributed by atoms with van der Waals surface area (Å²) in [5.41, 5.74) is 0.342. The van der Waals surface area contributed by atoms with E-state index in [4.69, 9.17) is 4.42 Å². The summed E-state index contributed by atoms with van der Waals surface area (Å²) < 4.78 is 33.1. The van der Waals surface area contributed by atoms with Gasteiger partial charge in [-0.25, -0.2) is 8.42 Å².